The van der Waals surface area contributed by atoms with Crippen LogP contribution >= 0.6 is 7.55 Å². The molecule has 0 aliphatic rings. The molecule has 0 saturated carbocycles. The van der Waals surface area contributed by atoms with Crippen LogP contribution in [-0.2, 0) is 0 Å². The highest BCUT2D eigenvalue weighted by atomic mass is 31.1. The summed E-state index contributed by atoms with van der Waals surface area (Å²) in [6.07, 6.45) is 3.97. The quantitative estimate of drug-likeness (QED) is 0.627. The Labute approximate surface area is 94.3 Å². The summed E-state index contributed by atoms with van der Waals surface area (Å²) < 4.78 is 0. The SMILES string of the molecule is C=[P+](C)C(CO)NC(C)(CO)C(C)(C)C. The van der Waals surface area contributed by atoms with E-state index in [1.54, 1.807) is 0 Å². The molecule has 0 radical (unpaired) electrons. The van der Waals surface area contributed by atoms with Crippen molar-refractivity contribution in [2.24, 2.45) is 5.41 Å². The monoisotopic (exact) mass is 234 g/mol. The summed E-state index contributed by atoms with van der Waals surface area (Å²) in [5, 5.41) is 22.1. The largest absolute Gasteiger partial charge is 0.394 e. The van der Waals surface area contributed by atoms with Gasteiger partial charge in [0.1, 0.15) is 14.2 Å². The van der Waals surface area contributed by atoms with Gasteiger partial charge in [-0.2, -0.15) is 0 Å². The first-order chi connectivity index (χ1) is 6.68. The van der Waals surface area contributed by atoms with Crippen molar-refractivity contribution in [1.29, 1.82) is 0 Å². The molecule has 0 saturated heterocycles. The molecular weight excluding hydrogens is 209 g/mol. The minimum atomic E-state index is -0.503. The molecule has 0 amide bonds. The van der Waals surface area contributed by atoms with E-state index in [0.29, 0.717) is 0 Å². The van der Waals surface area contributed by atoms with E-state index in [1.165, 1.54) is 0 Å². The molecular formula is C11H25NO2P+. The molecule has 15 heavy (non-hydrogen) atoms. The molecule has 3 atom stereocenters. The zero-order valence-electron chi connectivity index (χ0n) is 10.5. The van der Waals surface area contributed by atoms with Crippen LogP contribution < -0.4 is 5.32 Å². The Bertz CT molecular complexity index is 225. The minimum Gasteiger partial charge on any atom is -0.394 e. The number of rotatable bonds is 5. The lowest BCUT2D eigenvalue weighted by Gasteiger charge is -2.42. The van der Waals surface area contributed by atoms with Crippen molar-refractivity contribution >= 4 is 13.8 Å². The maximum absolute atomic E-state index is 9.49. The van der Waals surface area contributed by atoms with Crippen LogP contribution in [0.2, 0.25) is 0 Å². The fourth-order valence-corrected chi connectivity index (χ4v) is 1.95. The van der Waals surface area contributed by atoms with Gasteiger partial charge < -0.3 is 10.2 Å². The van der Waals surface area contributed by atoms with Gasteiger partial charge in [-0.1, -0.05) is 20.8 Å². The maximum Gasteiger partial charge on any atom is 0.190 e. The van der Waals surface area contributed by atoms with Crippen molar-refractivity contribution in [2.45, 2.75) is 39.0 Å². The summed E-state index contributed by atoms with van der Waals surface area (Å²) in [7, 11) is -0.503. The average Bonchev–Trinajstić information content (AvgIpc) is 2.11. The van der Waals surface area contributed by atoms with Crippen molar-refractivity contribution in [3.63, 3.8) is 0 Å². The van der Waals surface area contributed by atoms with Crippen molar-refractivity contribution in [1.82, 2.24) is 5.32 Å². The Balaban J connectivity index is 4.77. The van der Waals surface area contributed by atoms with Crippen LogP contribution in [0, 0.1) is 5.41 Å². The molecule has 0 aliphatic carbocycles. The lowest BCUT2D eigenvalue weighted by atomic mass is 9.75. The van der Waals surface area contributed by atoms with Gasteiger partial charge in [0.25, 0.3) is 0 Å². The molecule has 0 bridgehead atoms. The standard InChI is InChI=1S/C11H25NO2P/c1-10(2,3)11(4,8-14)12-9(7-13)15(5)6/h9,12-14H,5,7-8H2,1-4,6H3/q+1. The predicted octanol–water partition coefficient (Wildman–Crippen LogP) is 1.24. The van der Waals surface area contributed by atoms with Crippen LogP contribution in [0.1, 0.15) is 27.7 Å². The van der Waals surface area contributed by atoms with Crippen LogP contribution in [0.15, 0.2) is 0 Å². The Hall–Kier alpha value is 0.0500. The Morgan fingerprint density at radius 1 is 1.27 bits per heavy atom. The second-order valence-corrected chi connectivity index (χ2v) is 7.48. The summed E-state index contributed by atoms with van der Waals surface area (Å²) in [5.41, 5.74) is -0.463. The smallest absolute Gasteiger partial charge is 0.190 e. The summed E-state index contributed by atoms with van der Waals surface area (Å²) in [6, 6.07) is 0. The molecule has 0 aliphatic heterocycles. The van der Waals surface area contributed by atoms with E-state index < -0.39 is 13.1 Å². The normalized spacial score (nSPS) is 19.5. The second-order valence-electron chi connectivity index (χ2n) is 5.34. The number of aliphatic hydroxyl groups excluding tert-OH is 2. The Morgan fingerprint density at radius 2 is 1.73 bits per heavy atom. The molecule has 90 valence electrons. The molecule has 0 rings (SSSR count). The van der Waals surface area contributed by atoms with E-state index in [0.717, 1.165) is 0 Å². The Morgan fingerprint density at radius 3 is 1.93 bits per heavy atom. The maximum atomic E-state index is 9.49. The highest BCUT2D eigenvalue weighted by Gasteiger charge is 2.40. The highest BCUT2D eigenvalue weighted by Crippen LogP contribution is 2.32. The third-order valence-electron chi connectivity index (χ3n) is 3.16. The van der Waals surface area contributed by atoms with Gasteiger partial charge in [0, 0.05) is 5.54 Å². The highest BCUT2D eigenvalue weighted by molar-refractivity contribution is 7.55. The van der Waals surface area contributed by atoms with Crippen LogP contribution in [-0.4, -0.2) is 47.7 Å². The fraction of sp³-hybridized carbons (Fsp3) is 0.909. The van der Waals surface area contributed by atoms with Crippen LogP contribution in [0.25, 0.3) is 0 Å². The molecule has 0 aromatic rings. The number of hydrogen-bond acceptors (Lipinski definition) is 3. The zero-order chi connectivity index (χ0) is 12.3. The van der Waals surface area contributed by atoms with E-state index in [2.05, 4.69) is 32.4 Å². The van der Waals surface area contributed by atoms with Gasteiger partial charge in [0.05, 0.1) is 19.6 Å². The average molecular weight is 234 g/mol. The lowest BCUT2D eigenvalue weighted by molar-refractivity contribution is 0.0662. The summed E-state index contributed by atoms with van der Waals surface area (Å²) in [4.78, 5) is 0. The minimum absolute atomic E-state index is 0.0172. The van der Waals surface area contributed by atoms with E-state index >= 15 is 0 Å². The molecule has 0 spiro atoms. The van der Waals surface area contributed by atoms with E-state index in [1.807, 2.05) is 13.6 Å². The third-order valence-corrected chi connectivity index (χ3v) is 4.52. The van der Waals surface area contributed by atoms with Gasteiger partial charge in [-0.3, -0.25) is 5.32 Å². The summed E-state index contributed by atoms with van der Waals surface area (Å²) in [5.74, 6) is -0.0172. The van der Waals surface area contributed by atoms with Gasteiger partial charge in [-0.25, -0.2) is 0 Å². The topological polar surface area (TPSA) is 52.5 Å². The zero-order valence-corrected chi connectivity index (χ0v) is 11.4. The fourth-order valence-electron chi connectivity index (χ4n) is 1.16. The predicted molar refractivity (Wildman–Crippen MR) is 68.9 cm³/mol. The lowest BCUT2D eigenvalue weighted by Crippen LogP contribution is -2.58. The molecule has 0 aromatic heterocycles. The van der Waals surface area contributed by atoms with Crippen LogP contribution in [0.4, 0.5) is 0 Å². The van der Waals surface area contributed by atoms with Gasteiger partial charge in [-0.05, 0) is 12.3 Å². The number of nitrogens with one attached hydrogen (secondary N) is 1. The summed E-state index contributed by atoms with van der Waals surface area (Å²) in [6.45, 7) is 10.3. The van der Waals surface area contributed by atoms with Crippen LogP contribution in [0.5, 0.6) is 0 Å². The molecule has 3 unspecified atom stereocenters. The van der Waals surface area contributed by atoms with Crippen molar-refractivity contribution in [3.05, 3.63) is 0 Å². The molecule has 4 heteroatoms. The molecule has 3 nitrogen and oxygen atoms in total. The first kappa shape index (κ1) is 15.0. The molecule has 0 aromatic carbocycles. The molecule has 0 heterocycles. The van der Waals surface area contributed by atoms with Crippen LogP contribution in [0.3, 0.4) is 0 Å². The van der Waals surface area contributed by atoms with Gasteiger partial charge >= 0.3 is 0 Å². The number of aliphatic hydroxyl groups is 2. The Kier molecular flexibility index (Phi) is 5.42. The second kappa shape index (κ2) is 5.40. The molecule has 3 N–H and O–H groups in total. The number of hydrogen-bond donors (Lipinski definition) is 3. The first-order valence-corrected chi connectivity index (χ1v) is 7.25. The summed E-state index contributed by atoms with van der Waals surface area (Å²) >= 11 is 0. The van der Waals surface area contributed by atoms with Gasteiger partial charge in [-0.15, -0.1) is 0 Å². The van der Waals surface area contributed by atoms with Crippen molar-refractivity contribution < 1.29 is 10.2 Å². The first-order valence-electron chi connectivity index (χ1n) is 5.20. The molecule has 0 fully saturated rings. The van der Waals surface area contributed by atoms with E-state index in [9.17, 15) is 10.2 Å². The van der Waals surface area contributed by atoms with E-state index in [-0.39, 0.29) is 24.4 Å². The van der Waals surface area contributed by atoms with E-state index in [4.69, 9.17) is 0 Å². The van der Waals surface area contributed by atoms with Gasteiger partial charge in [0.2, 0.25) is 0 Å². The third kappa shape index (κ3) is 3.84. The van der Waals surface area contributed by atoms with Gasteiger partial charge in [0.15, 0.2) is 5.78 Å². The van der Waals surface area contributed by atoms with Crippen molar-refractivity contribution in [3.8, 4) is 0 Å². The van der Waals surface area contributed by atoms with Crippen molar-refractivity contribution in [2.75, 3.05) is 19.9 Å².